The van der Waals surface area contributed by atoms with Gasteiger partial charge in [-0.05, 0) is 49.3 Å². The second-order valence-electron chi connectivity index (χ2n) is 7.17. The molecule has 0 spiro atoms. The van der Waals surface area contributed by atoms with Crippen LogP contribution in [0.4, 0.5) is 5.69 Å². The van der Waals surface area contributed by atoms with Gasteiger partial charge in [-0.2, -0.15) is 0 Å². The monoisotopic (exact) mass is 333 g/mol. The molecule has 1 aliphatic heterocycles. The number of allylic oxidation sites excluding steroid dienone is 8. The molecule has 1 aromatic carbocycles. The number of hydrogen-bond acceptors (Lipinski definition) is 3. The van der Waals surface area contributed by atoms with Crippen LogP contribution in [0.2, 0.25) is 0 Å². The fourth-order valence-electron chi connectivity index (χ4n) is 3.66. The zero-order valence-corrected chi connectivity index (χ0v) is 15.4. The molecule has 3 heteroatoms. The van der Waals surface area contributed by atoms with Crippen LogP contribution >= 0.6 is 0 Å². The van der Waals surface area contributed by atoms with Gasteiger partial charge in [-0.25, -0.2) is 0 Å². The van der Waals surface area contributed by atoms with Crippen molar-refractivity contribution in [2.75, 3.05) is 11.9 Å². The van der Waals surface area contributed by atoms with E-state index in [1.807, 2.05) is 32.2 Å². The lowest BCUT2D eigenvalue weighted by atomic mass is 9.83. The third-order valence-electron chi connectivity index (χ3n) is 5.40. The predicted molar refractivity (Wildman–Crippen MR) is 102 cm³/mol. The van der Waals surface area contributed by atoms with Crippen LogP contribution in [-0.2, 0) is 15.0 Å². The number of rotatable bonds is 2. The molecule has 128 valence electrons. The highest BCUT2D eigenvalue weighted by molar-refractivity contribution is 6.14. The Balaban J connectivity index is 2.06. The number of Topliss-reactive ketones (excluding diaryl/α,β-unsaturated/α-hetero) is 1. The van der Waals surface area contributed by atoms with Crippen molar-refractivity contribution in [2.24, 2.45) is 0 Å². The van der Waals surface area contributed by atoms with Gasteiger partial charge in [0.05, 0.1) is 0 Å². The van der Waals surface area contributed by atoms with Crippen LogP contribution in [0.1, 0.15) is 33.3 Å². The molecule has 0 aromatic heterocycles. The molecule has 0 saturated heterocycles. The van der Waals surface area contributed by atoms with E-state index in [0.29, 0.717) is 16.7 Å². The highest BCUT2D eigenvalue weighted by atomic mass is 16.1. The number of aldehydes is 1. The molecule has 1 aliphatic carbocycles. The Morgan fingerprint density at radius 3 is 2.36 bits per heavy atom. The minimum Gasteiger partial charge on any atom is -0.347 e. The van der Waals surface area contributed by atoms with Crippen LogP contribution in [0.5, 0.6) is 0 Å². The van der Waals surface area contributed by atoms with Crippen molar-refractivity contribution < 1.29 is 9.59 Å². The van der Waals surface area contributed by atoms with E-state index < -0.39 is 0 Å². The number of benzene rings is 1. The Morgan fingerprint density at radius 1 is 1.04 bits per heavy atom. The van der Waals surface area contributed by atoms with Crippen LogP contribution in [-0.4, -0.2) is 19.1 Å². The molecular weight excluding hydrogens is 310 g/mol. The third kappa shape index (κ3) is 2.60. The van der Waals surface area contributed by atoms with E-state index in [0.717, 1.165) is 17.6 Å². The molecule has 0 amide bonds. The molecular formula is C22H23NO2. The fraction of sp³-hybridized carbons (Fsp3) is 0.273. The molecule has 0 atom stereocenters. The average molecular weight is 333 g/mol. The average Bonchev–Trinajstić information content (AvgIpc) is 2.79. The fourth-order valence-corrected chi connectivity index (χ4v) is 3.66. The summed E-state index contributed by atoms with van der Waals surface area (Å²) in [7, 11) is 2.04. The summed E-state index contributed by atoms with van der Waals surface area (Å²) >= 11 is 0. The van der Waals surface area contributed by atoms with Crippen molar-refractivity contribution in [2.45, 2.75) is 33.1 Å². The molecule has 1 aromatic rings. The molecule has 25 heavy (non-hydrogen) atoms. The van der Waals surface area contributed by atoms with E-state index in [-0.39, 0.29) is 11.2 Å². The lowest BCUT2D eigenvalue weighted by Crippen LogP contribution is -2.22. The summed E-state index contributed by atoms with van der Waals surface area (Å²) in [5.74, 6) is -0.0177. The maximum Gasteiger partial charge on any atom is 0.189 e. The summed E-state index contributed by atoms with van der Waals surface area (Å²) in [5.41, 5.74) is 5.96. The highest BCUT2D eigenvalue weighted by Crippen LogP contribution is 2.46. The first kappa shape index (κ1) is 17.2. The van der Waals surface area contributed by atoms with E-state index in [4.69, 9.17) is 0 Å². The molecule has 1 heterocycles. The summed E-state index contributed by atoms with van der Waals surface area (Å²) in [4.78, 5) is 26.0. The lowest BCUT2D eigenvalue weighted by molar-refractivity contribution is -0.112. The normalized spacial score (nSPS) is 22.5. The van der Waals surface area contributed by atoms with Gasteiger partial charge < -0.3 is 4.90 Å². The van der Waals surface area contributed by atoms with Crippen molar-refractivity contribution in [3.63, 3.8) is 0 Å². The van der Waals surface area contributed by atoms with E-state index in [2.05, 4.69) is 36.9 Å². The van der Waals surface area contributed by atoms with Crippen LogP contribution in [0.25, 0.3) is 0 Å². The molecule has 0 bridgehead atoms. The number of fused-ring (bicyclic) bond motifs is 1. The first-order valence-corrected chi connectivity index (χ1v) is 8.44. The molecule has 3 nitrogen and oxygen atoms in total. The zero-order chi connectivity index (χ0) is 18.4. The van der Waals surface area contributed by atoms with Crippen molar-refractivity contribution in [3.05, 3.63) is 76.0 Å². The number of likely N-dealkylation sites (N-methyl/N-ethyl adjacent to an activating group) is 1. The van der Waals surface area contributed by atoms with Gasteiger partial charge >= 0.3 is 0 Å². The smallest absolute Gasteiger partial charge is 0.189 e. The van der Waals surface area contributed by atoms with Crippen molar-refractivity contribution in [1.82, 2.24) is 0 Å². The summed E-state index contributed by atoms with van der Waals surface area (Å²) in [6, 6.07) is 8.34. The summed E-state index contributed by atoms with van der Waals surface area (Å²) in [6.07, 6.45) is 6.33. The van der Waals surface area contributed by atoms with Gasteiger partial charge in [0.25, 0.3) is 0 Å². The largest absolute Gasteiger partial charge is 0.347 e. The van der Waals surface area contributed by atoms with E-state index in [1.54, 1.807) is 13.0 Å². The second kappa shape index (κ2) is 5.99. The van der Waals surface area contributed by atoms with Crippen LogP contribution in [0, 0.1) is 0 Å². The number of ketones is 1. The molecule has 0 fully saturated rings. The summed E-state index contributed by atoms with van der Waals surface area (Å²) < 4.78 is 0. The Labute approximate surface area is 149 Å². The standard InChI is InChI=1S/C22H23NO2/c1-14-15(2)21(25)16(12-17(14)13-24)10-11-20-22(3,4)18-8-6-7-9-19(18)23(20)5/h6-13H,1-5H3/b16-10-,20-11-. The van der Waals surface area contributed by atoms with Crippen LogP contribution < -0.4 is 4.90 Å². The Kier molecular flexibility index (Phi) is 4.11. The number of para-hydroxylation sites is 1. The number of anilines is 1. The first-order chi connectivity index (χ1) is 11.8. The lowest BCUT2D eigenvalue weighted by Gasteiger charge is -2.24. The summed E-state index contributed by atoms with van der Waals surface area (Å²) in [5, 5.41) is 0. The molecule has 3 rings (SSSR count). The first-order valence-electron chi connectivity index (χ1n) is 8.44. The minimum absolute atomic E-state index is 0.0177. The SMILES string of the molecule is CC1=C(C)C(C=O)=C/C(=C/C=C2\N(C)c3ccccc3C2(C)C)C1=O. The summed E-state index contributed by atoms with van der Waals surface area (Å²) in [6.45, 7) is 7.96. The zero-order valence-electron chi connectivity index (χ0n) is 15.4. The third-order valence-corrected chi connectivity index (χ3v) is 5.40. The predicted octanol–water partition coefficient (Wildman–Crippen LogP) is 4.27. The Bertz CT molecular complexity index is 894. The van der Waals surface area contributed by atoms with Gasteiger partial charge in [0.15, 0.2) is 5.78 Å². The molecule has 2 aliphatic rings. The van der Waals surface area contributed by atoms with Gasteiger partial charge in [-0.15, -0.1) is 0 Å². The number of hydrogen-bond donors (Lipinski definition) is 0. The van der Waals surface area contributed by atoms with Gasteiger partial charge in [0, 0.05) is 40.6 Å². The van der Waals surface area contributed by atoms with Crippen molar-refractivity contribution in [1.29, 1.82) is 0 Å². The minimum atomic E-state index is -0.141. The van der Waals surface area contributed by atoms with E-state index in [1.165, 1.54) is 11.3 Å². The Morgan fingerprint density at radius 2 is 1.72 bits per heavy atom. The molecule has 0 N–H and O–H groups in total. The number of carbonyl (C=O) groups is 2. The maximum absolute atomic E-state index is 12.5. The molecule has 0 saturated carbocycles. The highest BCUT2D eigenvalue weighted by Gasteiger charge is 2.37. The van der Waals surface area contributed by atoms with Gasteiger partial charge in [-0.1, -0.05) is 32.0 Å². The second-order valence-corrected chi connectivity index (χ2v) is 7.17. The number of nitrogens with zero attached hydrogens (tertiary/aromatic N) is 1. The van der Waals surface area contributed by atoms with Crippen molar-refractivity contribution >= 4 is 17.8 Å². The van der Waals surface area contributed by atoms with Gasteiger partial charge in [0.1, 0.15) is 6.29 Å². The Hall–Kier alpha value is -2.68. The topological polar surface area (TPSA) is 37.4 Å². The van der Waals surface area contributed by atoms with E-state index in [9.17, 15) is 9.59 Å². The molecule has 0 radical (unpaired) electrons. The van der Waals surface area contributed by atoms with Gasteiger partial charge in [-0.3, -0.25) is 9.59 Å². The quantitative estimate of drug-likeness (QED) is 0.599. The number of carbonyl (C=O) groups excluding carboxylic acids is 2. The van der Waals surface area contributed by atoms with E-state index >= 15 is 0 Å². The maximum atomic E-state index is 12.5. The van der Waals surface area contributed by atoms with Crippen molar-refractivity contribution in [3.8, 4) is 0 Å². The van der Waals surface area contributed by atoms with Gasteiger partial charge in [0.2, 0.25) is 0 Å². The van der Waals surface area contributed by atoms with Crippen LogP contribution in [0.15, 0.2) is 70.5 Å². The molecule has 0 unspecified atom stereocenters. The van der Waals surface area contributed by atoms with Crippen LogP contribution in [0.3, 0.4) is 0 Å².